The molecule has 132 valence electrons. The number of carbonyl (C=O) groups is 1. The van der Waals surface area contributed by atoms with Gasteiger partial charge in [-0.05, 0) is 48.5 Å². The van der Waals surface area contributed by atoms with Crippen LogP contribution >= 0.6 is 11.6 Å². The third-order valence-corrected chi connectivity index (χ3v) is 5.54. The normalized spacial score (nSPS) is 15.7. The first kappa shape index (κ1) is 16.9. The molecule has 2 aromatic carbocycles. The number of nitrogens with zero attached hydrogens (tertiary/aromatic N) is 2. The molecule has 0 bridgehead atoms. The number of aromatic nitrogens is 2. The minimum absolute atomic E-state index is 0.326. The first-order valence-corrected chi connectivity index (χ1v) is 9.66. The third kappa shape index (κ3) is 3.15. The summed E-state index contributed by atoms with van der Waals surface area (Å²) in [5.74, 6) is 0.434. The molecule has 0 fully saturated rings. The van der Waals surface area contributed by atoms with Gasteiger partial charge in [0.15, 0.2) is 0 Å². The van der Waals surface area contributed by atoms with Gasteiger partial charge in [-0.2, -0.15) is 5.10 Å². The number of fused-ring (bicyclic) bond motifs is 1. The van der Waals surface area contributed by atoms with Crippen molar-refractivity contribution in [2.75, 3.05) is 5.32 Å². The Morgan fingerprint density at radius 2 is 1.81 bits per heavy atom. The third-order valence-electron chi connectivity index (χ3n) is 4.08. The number of benzene rings is 2. The molecule has 5 nitrogen and oxygen atoms in total. The zero-order chi connectivity index (χ0) is 18.3. The van der Waals surface area contributed by atoms with E-state index in [-0.39, 0.29) is 11.7 Å². The summed E-state index contributed by atoms with van der Waals surface area (Å²) in [7, 11) is -1.03. The molecule has 26 heavy (non-hydrogen) atoms. The second-order valence-corrected chi connectivity index (χ2v) is 7.75. The minimum atomic E-state index is -1.03. The van der Waals surface area contributed by atoms with Gasteiger partial charge in [-0.1, -0.05) is 11.6 Å². The molecule has 0 radical (unpaired) electrons. The first-order valence-electron chi connectivity index (χ1n) is 7.80. The molecule has 1 atom stereocenters. The lowest BCUT2D eigenvalue weighted by Crippen LogP contribution is -2.16. The summed E-state index contributed by atoms with van der Waals surface area (Å²) < 4.78 is 26.7. The van der Waals surface area contributed by atoms with Crippen LogP contribution in [0.2, 0.25) is 5.02 Å². The van der Waals surface area contributed by atoms with Gasteiger partial charge in [-0.3, -0.25) is 9.00 Å². The van der Waals surface area contributed by atoms with Crippen LogP contribution in [0.4, 0.5) is 10.2 Å². The molecule has 4 rings (SSSR count). The predicted octanol–water partition coefficient (Wildman–Crippen LogP) is 3.68. The maximum absolute atomic E-state index is 13.2. The summed E-state index contributed by atoms with van der Waals surface area (Å²) in [4.78, 5) is 12.6. The molecule has 8 heteroatoms. The summed E-state index contributed by atoms with van der Waals surface area (Å²) in [6, 6.07) is 12.3. The van der Waals surface area contributed by atoms with Crippen LogP contribution in [-0.4, -0.2) is 19.9 Å². The van der Waals surface area contributed by atoms with Crippen molar-refractivity contribution in [2.45, 2.75) is 11.5 Å². The maximum atomic E-state index is 13.2. The van der Waals surface area contributed by atoms with Gasteiger partial charge in [0.2, 0.25) is 0 Å². The summed E-state index contributed by atoms with van der Waals surface area (Å²) >= 11 is 5.86. The van der Waals surface area contributed by atoms with E-state index in [0.717, 1.165) is 5.56 Å². The highest BCUT2D eigenvalue weighted by atomic mass is 35.5. The van der Waals surface area contributed by atoms with E-state index in [1.54, 1.807) is 41.1 Å². The van der Waals surface area contributed by atoms with Gasteiger partial charge >= 0.3 is 0 Å². The summed E-state index contributed by atoms with van der Waals surface area (Å²) in [6.07, 6.45) is 0. The topological polar surface area (TPSA) is 64.0 Å². The van der Waals surface area contributed by atoms with Crippen LogP contribution in [0.25, 0.3) is 5.69 Å². The van der Waals surface area contributed by atoms with E-state index in [1.807, 2.05) is 0 Å². The Bertz CT molecular complexity index is 1020. The molecule has 1 unspecified atom stereocenters. The van der Waals surface area contributed by atoms with Crippen LogP contribution in [0.1, 0.15) is 21.6 Å². The fraction of sp³-hybridized carbons (Fsp3) is 0.111. The van der Waals surface area contributed by atoms with Crippen LogP contribution in [0.15, 0.2) is 48.5 Å². The Morgan fingerprint density at radius 3 is 2.50 bits per heavy atom. The number of hydrogen-bond donors (Lipinski definition) is 1. The Hall–Kier alpha value is -2.51. The maximum Gasteiger partial charge on any atom is 0.256 e. The molecule has 1 N–H and O–H groups in total. The smallest absolute Gasteiger partial charge is 0.256 e. The van der Waals surface area contributed by atoms with Gasteiger partial charge in [0.1, 0.15) is 11.6 Å². The van der Waals surface area contributed by atoms with Crippen LogP contribution < -0.4 is 5.32 Å². The quantitative estimate of drug-likeness (QED) is 0.743. The molecule has 1 amide bonds. The van der Waals surface area contributed by atoms with E-state index >= 15 is 0 Å². The fourth-order valence-electron chi connectivity index (χ4n) is 2.81. The van der Waals surface area contributed by atoms with Gasteiger partial charge < -0.3 is 5.32 Å². The molecular weight excluding hydrogens is 377 g/mol. The van der Waals surface area contributed by atoms with Gasteiger partial charge in [-0.25, -0.2) is 9.07 Å². The van der Waals surface area contributed by atoms with Crippen molar-refractivity contribution in [2.24, 2.45) is 0 Å². The number of hydrogen-bond acceptors (Lipinski definition) is 3. The molecule has 1 aliphatic rings. The van der Waals surface area contributed by atoms with Gasteiger partial charge in [0.25, 0.3) is 5.91 Å². The van der Waals surface area contributed by atoms with E-state index in [4.69, 9.17) is 11.6 Å². The van der Waals surface area contributed by atoms with Crippen molar-refractivity contribution in [3.8, 4) is 5.69 Å². The van der Waals surface area contributed by atoms with E-state index in [9.17, 15) is 13.4 Å². The van der Waals surface area contributed by atoms with E-state index in [1.165, 1.54) is 12.1 Å². The standard InChI is InChI=1S/C18H13ClFN3O2S/c19-12-3-1-11(2-4-12)18(24)21-17-15-9-26(25)10-16(15)22-23(17)14-7-5-13(20)6-8-14/h1-8H,9-10H2,(H,21,24). The molecule has 2 heterocycles. The van der Waals surface area contributed by atoms with Crippen molar-refractivity contribution < 1.29 is 13.4 Å². The lowest BCUT2D eigenvalue weighted by Gasteiger charge is -2.11. The summed E-state index contributed by atoms with van der Waals surface area (Å²) in [6.45, 7) is 0. The van der Waals surface area contributed by atoms with E-state index in [2.05, 4.69) is 10.4 Å². The average molecular weight is 390 g/mol. The Kier molecular flexibility index (Phi) is 4.34. The van der Waals surface area contributed by atoms with Crippen molar-refractivity contribution in [3.05, 3.63) is 76.2 Å². The molecule has 3 aromatic rings. The molecule has 0 saturated carbocycles. The van der Waals surface area contributed by atoms with Crippen molar-refractivity contribution in [1.82, 2.24) is 9.78 Å². The van der Waals surface area contributed by atoms with Crippen LogP contribution in [0.3, 0.4) is 0 Å². The Morgan fingerprint density at radius 1 is 1.12 bits per heavy atom. The molecule has 0 aliphatic carbocycles. The molecule has 0 spiro atoms. The zero-order valence-electron chi connectivity index (χ0n) is 13.4. The van der Waals surface area contributed by atoms with Gasteiger partial charge in [-0.15, -0.1) is 0 Å². The largest absolute Gasteiger partial charge is 0.306 e. The van der Waals surface area contributed by atoms with Crippen LogP contribution in [0.5, 0.6) is 0 Å². The van der Waals surface area contributed by atoms with Crippen LogP contribution in [-0.2, 0) is 22.3 Å². The molecule has 1 aromatic heterocycles. The van der Waals surface area contributed by atoms with E-state index in [0.29, 0.717) is 39.3 Å². The second-order valence-electron chi connectivity index (χ2n) is 5.85. The van der Waals surface area contributed by atoms with E-state index < -0.39 is 10.8 Å². The lowest BCUT2D eigenvalue weighted by molar-refractivity contribution is 0.102. The van der Waals surface area contributed by atoms with Gasteiger partial charge in [0, 0.05) is 26.9 Å². The monoisotopic (exact) mass is 389 g/mol. The first-order chi connectivity index (χ1) is 12.5. The number of halogens is 2. The Balaban J connectivity index is 1.74. The van der Waals surface area contributed by atoms with Gasteiger partial charge in [0.05, 0.1) is 22.9 Å². The summed E-state index contributed by atoms with van der Waals surface area (Å²) in [5.41, 5.74) is 2.47. The van der Waals surface area contributed by atoms with Crippen molar-refractivity contribution >= 4 is 34.1 Å². The predicted molar refractivity (Wildman–Crippen MR) is 98.5 cm³/mol. The molecule has 1 aliphatic heterocycles. The second kappa shape index (κ2) is 6.66. The highest BCUT2D eigenvalue weighted by Gasteiger charge is 2.28. The SMILES string of the molecule is O=C(Nc1c2c(nn1-c1ccc(F)cc1)CS(=O)C2)c1ccc(Cl)cc1. The molecular formula is C18H13ClFN3O2S. The highest BCUT2D eigenvalue weighted by molar-refractivity contribution is 7.83. The zero-order valence-corrected chi connectivity index (χ0v) is 15.0. The number of amides is 1. The van der Waals surface area contributed by atoms with Crippen LogP contribution in [0, 0.1) is 5.82 Å². The fourth-order valence-corrected chi connectivity index (χ4v) is 4.20. The van der Waals surface area contributed by atoms with Crippen molar-refractivity contribution in [3.63, 3.8) is 0 Å². The minimum Gasteiger partial charge on any atom is -0.306 e. The highest BCUT2D eigenvalue weighted by Crippen LogP contribution is 2.31. The molecule has 0 saturated heterocycles. The summed E-state index contributed by atoms with van der Waals surface area (Å²) in [5, 5.41) is 7.85. The average Bonchev–Trinajstić information content (AvgIpc) is 3.13. The van der Waals surface area contributed by atoms with Crippen molar-refractivity contribution in [1.29, 1.82) is 0 Å². The number of rotatable bonds is 3. The number of anilines is 1. The number of nitrogens with one attached hydrogen (secondary N) is 1. The lowest BCUT2D eigenvalue weighted by atomic mass is 10.2. The Labute approximate surface area is 156 Å². The number of carbonyl (C=O) groups excluding carboxylic acids is 1.